The van der Waals surface area contributed by atoms with Crippen LogP contribution in [0.25, 0.3) is 0 Å². The number of hydrogen-bond acceptors (Lipinski definition) is 7. The highest BCUT2D eigenvalue weighted by Crippen LogP contribution is 2.34. The molecule has 43 heavy (non-hydrogen) atoms. The molecule has 0 spiro atoms. The first-order valence-electron chi connectivity index (χ1n) is 14.1. The van der Waals surface area contributed by atoms with E-state index in [1.807, 2.05) is 32.9 Å². The number of aryl methyl sites for hydroxylation is 1. The minimum Gasteiger partial charge on any atom is -0.497 e. The Morgan fingerprint density at radius 1 is 0.860 bits per heavy atom. The standard InChI is InChI=1S/C32H41N3O7S/c1-7-19-33-32(37)28(8-2)34(21-24-11-14-26(40-4)15-12-24)31(36)22-35(25-13-18-29(41-5)30(20-25)42-6)43(38,39)27-16-9-23(3)10-17-27/h9-18,20,28H,7-8,19,21-22H2,1-6H3,(H,33,37)/t28-/m1/s1. The molecule has 0 saturated carbocycles. The average Bonchev–Trinajstić information content (AvgIpc) is 3.02. The van der Waals surface area contributed by atoms with Crippen LogP contribution in [-0.2, 0) is 26.2 Å². The van der Waals surface area contributed by atoms with Crippen molar-refractivity contribution in [3.63, 3.8) is 0 Å². The molecule has 0 radical (unpaired) electrons. The summed E-state index contributed by atoms with van der Waals surface area (Å²) >= 11 is 0. The van der Waals surface area contributed by atoms with E-state index in [2.05, 4.69) is 5.32 Å². The van der Waals surface area contributed by atoms with Gasteiger partial charge in [0, 0.05) is 19.2 Å². The van der Waals surface area contributed by atoms with E-state index in [0.29, 0.717) is 30.2 Å². The lowest BCUT2D eigenvalue weighted by atomic mass is 10.1. The van der Waals surface area contributed by atoms with Gasteiger partial charge in [-0.25, -0.2) is 8.42 Å². The molecule has 2 amide bonds. The van der Waals surface area contributed by atoms with Crippen molar-refractivity contribution in [3.05, 3.63) is 77.9 Å². The summed E-state index contributed by atoms with van der Waals surface area (Å²) in [7, 11) is 0.269. The van der Waals surface area contributed by atoms with E-state index < -0.39 is 28.5 Å². The van der Waals surface area contributed by atoms with Crippen molar-refractivity contribution in [1.29, 1.82) is 0 Å². The van der Waals surface area contributed by atoms with Crippen LogP contribution in [0.5, 0.6) is 17.2 Å². The molecule has 0 aromatic heterocycles. The summed E-state index contributed by atoms with van der Waals surface area (Å²) in [6, 6.07) is 17.4. The summed E-state index contributed by atoms with van der Waals surface area (Å²) in [4.78, 5) is 28.9. The molecule has 232 valence electrons. The van der Waals surface area contributed by atoms with Crippen LogP contribution >= 0.6 is 0 Å². The number of nitrogens with one attached hydrogen (secondary N) is 1. The Kier molecular flexibility index (Phi) is 11.8. The Labute approximate surface area is 254 Å². The van der Waals surface area contributed by atoms with Gasteiger partial charge in [-0.1, -0.05) is 43.7 Å². The maximum Gasteiger partial charge on any atom is 0.264 e. The second-order valence-electron chi connectivity index (χ2n) is 9.95. The fraction of sp³-hybridized carbons (Fsp3) is 0.375. The summed E-state index contributed by atoms with van der Waals surface area (Å²) in [6.07, 6.45) is 1.06. The summed E-state index contributed by atoms with van der Waals surface area (Å²) in [6.45, 7) is 5.61. The van der Waals surface area contributed by atoms with Crippen molar-refractivity contribution in [3.8, 4) is 17.2 Å². The van der Waals surface area contributed by atoms with Gasteiger partial charge < -0.3 is 24.4 Å². The first-order chi connectivity index (χ1) is 20.6. The first-order valence-corrected chi connectivity index (χ1v) is 15.5. The number of nitrogens with zero attached hydrogens (tertiary/aromatic N) is 2. The average molecular weight is 612 g/mol. The Morgan fingerprint density at radius 3 is 2.07 bits per heavy atom. The van der Waals surface area contributed by atoms with Crippen molar-refractivity contribution >= 4 is 27.5 Å². The summed E-state index contributed by atoms with van der Waals surface area (Å²) in [5.41, 5.74) is 1.86. The maximum atomic E-state index is 14.2. The van der Waals surface area contributed by atoms with E-state index in [4.69, 9.17) is 14.2 Å². The lowest BCUT2D eigenvalue weighted by Crippen LogP contribution is -2.52. The Bertz CT molecular complexity index is 1480. The molecule has 0 bridgehead atoms. The number of benzene rings is 3. The van der Waals surface area contributed by atoms with Gasteiger partial charge in [0.1, 0.15) is 18.3 Å². The number of amides is 2. The largest absolute Gasteiger partial charge is 0.497 e. The van der Waals surface area contributed by atoms with Crippen LogP contribution in [-0.4, -0.2) is 65.6 Å². The number of ether oxygens (including phenoxy) is 3. The zero-order valence-electron chi connectivity index (χ0n) is 25.6. The second-order valence-corrected chi connectivity index (χ2v) is 11.8. The predicted octanol–water partition coefficient (Wildman–Crippen LogP) is 4.55. The summed E-state index contributed by atoms with van der Waals surface area (Å²) in [5.74, 6) is 0.519. The van der Waals surface area contributed by atoms with E-state index in [1.165, 1.54) is 37.3 Å². The third-order valence-corrected chi connectivity index (χ3v) is 8.78. The molecule has 0 heterocycles. The minimum atomic E-state index is -4.22. The molecule has 0 saturated heterocycles. The maximum absolute atomic E-state index is 14.2. The van der Waals surface area contributed by atoms with Crippen LogP contribution in [0.3, 0.4) is 0 Å². The number of sulfonamides is 1. The first kappa shape index (κ1) is 33.3. The summed E-state index contributed by atoms with van der Waals surface area (Å²) in [5, 5.41) is 2.88. The molecule has 0 aliphatic rings. The van der Waals surface area contributed by atoms with Gasteiger partial charge in [0.05, 0.1) is 31.9 Å². The van der Waals surface area contributed by atoms with Crippen LogP contribution < -0.4 is 23.8 Å². The summed E-state index contributed by atoms with van der Waals surface area (Å²) < 4.78 is 45.3. The molecule has 0 aliphatic carbocycles. The van der Waals surface area contributed by atoms with Crippen molar-refractivity contribution < 1.29 is 32.2 Å². The fourth-order valence-corrected chi connectivity index (χ4v) is 5.97. The molecular formula is C32H41N3O7S. The van der Waals surface area contributed by atoms with Crippen molar-refractivity contribution in [2.75, 3.05) is 38.7 Å². The molecule has 1 N–H and O–H groups in total. The second kappa shape index (κ2) is 15.3. The van der Waals surface area contributed by atoms with Gasteiger partial charge in [0.25, 0.3) is 10.0 Å². The van der Waals surface area contributed by atoms with Gasteiger partial charge in [-0.2, -0.15) is 0 Å². The molecule has 3 aromatic carbocycles. The van der Waals surface area contributed by atoms with Gasteiger partial charge in [-0.05, 0) is 61.7 Å². The van der Waals surface area contributed by atoms with E-state index >= 15 is 0 Å². The quantitative estimate of drug-likeness (QED) is 0.268. The fourth-order valence-electron chi connectivity index (χ4n) is 4.56. The van der Waals surface area contributed by atoms with E-state index in [1.54, 1.807) is 43.5 Å². The van der Waals surface area contributed by atoms with Gasteiger partial charge in [0.2, 0.25) is 11.8 Å². The number of carbonyl (C=O) groups is 2. The van der Waals surface area contributed by atoms with Crippen LogP contribution in [0.15, 0.2) is 71.6 Å². The van der Waals surface area contributed by atoms with Crippen LogP contribution in [0.4, 0.5) is 5.69 Å². The van der Waals surface area contributed by atoms with E-state index in [0.717, 1.165) is 21.9 Å². The predicted molar refractivity (Wildman–Crippen MR) is 166 cm³/mol. The van der Waals surface area contributed by atoms with Gasteiger partial charge >= 0.3 is 0 Å². The molecule has 3 rings (SSSR count). The third-order valence-electron chi connectivity index (χ3n) is 6.99. The van der Waals surface area contributed by atoms with Gasteiger partial charge in [0.15, 0.2) is 11.5 Å². The Morgan fingerprint density at radius 2 is 1.51 bits per heavy atom. The molecule has 3 aromatic rings. The number of methoxy groups -OCH3 is 3. The normalized spacial score (nSPS) is 11.8. The van der Waals surface area contributed by atoms with Crippen molar-refractivity contribution in [1.82, 2.24) is 10.2 Å². The van der Waals surface area contributed by atoms with Crippen LogP contribution in [0, 0.1) is 6.92 Å². The Hall–Kier alpha value is -4.25. The number of rotatable bonds is 15. The van der Waals surface area contributed by atoms with Gasteiger partial charge in [-0.3, -0.25) is 13.9 Å². The molecule has 0 fully saturated rings. The molecule has 11 heteroatoms. The molecule has 0 aliphatic heterocycles. The number of carbonyl (C=O) groups excluding carboxylic acids is 2. The van der Waals surface area contributed by atoms with Crippen molar-refractivity contribution in [2.24, 2.45) is 0 Å². The highest BCUT2D eigenvalue weighted by molar-refractivity contribution is 7.92. The molecule has 10 nitrogen and oxygen atoms in total. The Balaban J connectivity index is 2.10. The third kappa shape index (κ3) is 8.19. The smallest absolute Gasteiger partial charge is 0.264 e. The van der Waals surface area contributed by atoms with Crippen LogP contribution in [0.2, 0.25) is 0 Å². The number of anilines is 1. The lowest BCUT2D eigenvalue weighted by molar-refractivity contribution is -0.140. The molecule has 0 unspecified atom stereocenters. The SMILES string of the molecule is CCCNC(=O)[C@@H](CC)N(Cc1ccc(OC)cc1)C(=O)CN(c1ccc(OC)c(OC)c1)S(=O)(=O)c1ccc(C)cc1. The van der Waals surface area contributed by atoms with E-state index in [9.17, 15) is 18.0 Å². The van der Waals surface area contributed by atoms with Crippen LogP contribution in [0.1, 0.15) is 37.8 Å². The zero-order valence-corrected chi connectivity index (χ0v) is 26.4. The number of hydrogen-bond donors (Lipinski definition) is 1. The minimum absolute atomic E-state index is 0.0233. The monoisotopic (exact) mass is 611 g/mol. The van der Waals surface area contributed by atoms with E-state index in [-0.39, 0.29) is 23.0 Å². The van der Waals surface area contributed by atoms with Crippen molar-refractivity contribution in [2.45, 2.75) is 51.1 Å². The molecule has 1 atom stereocenters. The lowest BCUT2D eigenvalue weighted by Gasteiger charge is -2.33. The highest BCUT2D eigenvalue weighted by atomic mass is 32.2. The zero-order chi connectivity index (χ0) is 31.6. The van der Waals surface area contributed by atoms with Gasteiger partial charge in [-0.15, -0.1) is 0 Å². The topological polar surface area (TPSA) is 114 Å². The molecular weight excluding hydrogens is 570 g/mol. The highest BCUT2D eigenvalue weighted by Gasteiger charge is 2.34.